The minimum Gasteiger partial charge on any atom is -0.399 e. The van der Waals surface area contributed by atoms with Gasteiger partial charge in [-0.2, -0.15) is 0 Å². The Morgan fingerprint density at radius 3 is 2.25 bits per heavy atom. The Morgan fingerprint density at radius 2 is 1.64 bits per heavy atom. The molecule has 6 heteroatoms. The Balaban J connectivity index is 0.00000176. The first-order valence-electron chi connectivity index (χ1n) is 12.2. The largest absolute Gasteiger partial charge is 0.399 e. The summed E-state index contributed by atoms with van der Waals surface area (Å²) in [6, 6.07) is 19.9. The van der Waals surface area contributed by atoms with E-state index in [9.17, 15) is 0 Å². The zero-order chi connectivity index (χ0) is 26.6. The predicted octanol–water partition coefficient (Wildman–Crippen LogP) is 9.42. The molecular formula is C30H34Cl3N3. The van der Waals surface area contributed by atoms with Gasteiger partial charge >= 0.3 is 0 Å². The van der Waals surface area contributed by atoms with Crippen LogP contribution in [0.15, 0.2) is 79.5 Å². The van der Waals surface area contributed by atoms with Gasteiger partial charge in [-0.25, -0.2) is 0 Å². The Kier molecular flexibility index (Phi) is 9.05. The van der Waals surface area contributed by atoms with Crippen LogP contribution in [0.2, 0.25) is 5.02 Å². The Morgan fingerprint density at radius 1 is 0.972 bits per heavy atom. The summed E-state index contributed by atoms with van der Waals surface area (Å²) in [5, 5.41) is 7.27. The van der Waals surface area contributed by atoms with Gasteiger partial charge in [-0.1, -0.05) is 75.9 Å². The molecule has 0 aromatic heterocycles. The van der Waals surface area contributed by atoms with E-state index in [2.05, 4.69) is 61.0 Å². The van der Waals surface area contributed by atoms with Gasteiger partial charge in [0, 0.05) is 34.6 Å². The third-order valence-electron chi connectivity index (χ3n) is 6.18. The van der Waals surface area contributed by atoms with E-state index in [-0.39, 0.29) is 11.8 Å². The zero-order valence-corrected chi connectivity index (χ0v) is 23.5. The molecule has 3 aromatic carbocycles. The molecule has 4 N–H and O–H groups in total. The van der Waals surface area contributed by atoms with Crippen LogP contribution in [0.1, 0.15) is 48.9 Å². The van der Waals surface area contributed by atoms with Crippen molar-refractivity contribution in [1.82, 2.24) is 0 Å². The molecule has 2 unspecified atom stereocenters. The van der Waals surface area contributed by atoms with Crippen molar-refractivity contribution in [2.24, 2.45) is 5.92 Å². The predicted molar refractivity (Wildman–Crippen MR) is 160 cm³/mol. The molecule has 3 nitrogen and oxygen atoms in total. The summed E-state index contributed by atoms with van der Waals surface area (Å²) < 4.78 is -0.948. The molecule has 0 saturated heterocycles. The first-order valence-corrected chi connectivity index (χ1v) is 13.3. The number of nitrogens with two attached hydrogens (primary N) is 1. The monoisotopic (exact) mass is 541 g/mol. The molecule has 190 valence electrons. The van der Waals surface area contributed by atoms with Crippen molar-refractivity contribution >= 4 is 57.6 Å². The lowest BCUT2D eigenvalue weighted by Crippen LogP contribution is -2.05. The van der Waals surface area contributed by atoms with Crippen LogP contribution in [0.3, 0.4) is 0 Å². The highest BCUT2D eigenvalue weighted by atomic mass is 35.5. The van der Waals surface area contributed by atoms with Crippen molar-refractivity contribution in [3.63, 3.8) is 0 Å². The number of benzene rings is 3. The van der Waals surface area contributed by atoms with Crippen molar-refractivity contribution < 1.29 is 0 Å². The fourth-order valence-electron chi connectivity index (χ4n) is 4.34. The van der Waals surface area contributed by atoms with E-state index in [1.165, 1.54) is 5.56 Å². The van der Waals surface area contributed by atoms with Crippen molar-refractivity contribution in [3.8, 4) is 0 Å². The lowest BCUT2D eigenvalue weighted by molar-refractivity contribution is 0.946. The van der Waals surface area contributed by atoms with Crippen molar-refractivity contribution in [2.75, 3.05) is 16.4 Å². The van der Waals surface area contributed by atoms with Crippen LogP contribution in [-0.2, 0) is 6.42 Å². The summed E-state index contributed by atoms with van der Waals surface area (Å²) in [6.45, 7) is 16.5. The van der Waals surface area contributed by atoms with Crippen molar-refractivity contribution in [3.05, 3.63) is 107 Å². The van der Waals surface area contributed by atoms with E-state index in [0.29, 0.717) is 10.7 Å². The average molecular weight is 543 g/mol. The molecule has 0 aliphatic heterocycles. The SMILES string of the molecule is C=C(Nc1cc(NC(=C)C2C(c3cc(C)cc(N)c3)C2(Cl)Cl)ccc1Cl)c1ccc(CC)cc1.CC. The maximum atomic E-state index is 6.67. The Bertz CT molecular complexity index is 1230. The molecule has 2 atom stereocenters. The van der Waals surface area contributed by atoms with Crippen LogP contribution in [-0.4, -0.2) is 4.33 Å². The number of allylic oxidation sites excluding steroid dienone is 1. The maximum absolute atomic E-state index is 6.67. The molecule has 36 heavy (non-hydrogen) atoms. The van der Waals surface area contributed by atoms with Gasteiger partial charge in [-0.05, 0) is 65.9 Å². The number of anilines is 3. The van der Waals surface area contributed by atoms with Gasteiger partial charge in [0.2, 0.25) is 0 Å². The van der Waals surface area contributed by atoms with Gasteiger partial charge in [0.15, 0.2) is 0 Å². The van der Waals surface area contributed by atoms with Gasteiger partial charge in [0.1, 0.15) is 4.33 Å². The number of nitrogens with one attached hydrogen (secondary N) is 2. The molecule has 1 aliphatic rings. The van der Waals surface area contributed by atoms with Gasteiger partial charge in [-0.15, -0.1) is 23.2 Å². The fraction of sp³-hybridized carbons (Fsp3) is 0.267. The standard InChI is InChI=1S/C28H28Cl3N3.C2H6/c1-5-19-6-8-20(9-7-19)17(3)34-25-15-23(10-11-24(25)29)33-18(4)26-27(28(26,30)31)21-12-16(2)13-22(32)14-21;1-2/h6-15,26-27,33-34H,3-5,32H2,1-2H3;1-2H3. The smallest absolute Gasteiger partial charge is 0.134 e. The summed E-state index contributed by atoms with van der Waals surface area (Å²) in [7, 11) is 0. The number of rotatable bonds is 8. The zero-order valence-electron chi connectivity index (χ0n) is 21.3. The topological polar surface area (TPSA) is 50.1 Å². The highest BCUT2D eigenvalue weighted by molar-refractivity contribution is 6.52. The first-order chi connectivity index (χ1) is 17.1. The second-order valence-electron chi connectivity index (χ2n) is 8.81. The normalized spacial score (nSPS) is 17.4. The van der Waals surface area contributed by atoms with Crippen LogP contribution < -0.4 is 16.4 Å². The molecule has 0 heterocycles. The summed E-state index contributed by atoms with van der Waals surface area (Å²) in [6.07, 6.45) is 0.995. The van der Waals surface area contributed by atoms with Gasteiger partial charge in [0.05, 0.1) is 10.7 Å². The van der Waals surface area contributed by atoms with E-state index >= 15 is 0 Å². The van der Waals surface area contributed by atoms with Crippen molar-refractivity contribution in [2.45, 2.75) is 44.4 Å². The number of hydrogen-bond donors (Lipinski definition) is 3. The van der Waals surface area contributed by atoms with Crippen LogP contribution >= 0.6 is 34.8 Å². The summed E-state index contributed by atoms with van der Waals surface area (Å²) in [5.74, 6) is -0.245. The second-order valence-corrected chi connectivity index (χ2v) is 10.7. The molecule has 0 spiro atoms. The van der Waals surface area contributed by atoms with Crippen LogP contribution in [0, 0.1) is 12.8 Å². The van der Waals surface area contributed by atoms with E-state index in [0.717, 1.165) is 45.9 Å². The molecule has 1 fully saturated rings. The lowest BCUT2D eigenvalue weighted by Gasteiger charge is -2.15. The Hall–Kier alpha value is -2.59. The fourth-order valence-corrected chi connectivity index (χ4v) is 5.39. The summed E-state index contributed by atoms with van der Waals surface area (Å²) >= 11 is 19.8. The third kappa shape index (κ3) is 6.21. The minimum absolute atomic E-state index is 0.0891. The van der Waals surface area contributed by atoms with E-state index in [1.807, 2.05) is 51.1 Å². The van der Waals surface area contributed by atoms with E-state index in [1.54, 1.807) is 0 Å². The van der Waals surface area contributed by atoms with E-state index < -0.39 is 4.33 Å². The quantitative estimate of drug-likeness (QED) is 0.196. The molecule has 3 aromatic rings. The number of aryl methyl sites for hydroxylation is 2. The average Bonchev–Trinajstić information content (AvgIpc) is 3.44. The molecular weight excluding hydrogens is 509 g/mol. The number of alkyl halides is 2. The van der Waals surface area contributed by atoms with Gasteiger partial charge in [0.25, 0.3) is 0 Å². The molecule has 4 rings (SSSR count). The Labute approximate surface area is 230 Å². The van der Waals surface area contributed by atoms with Crippen molar-refractivity contribution in [1.29, 1.82) is 0 Å². The van der Waals surface area contributed by atoms with E-state index in [4.69, 9.17) is 40.5 Å². The van der Waals surface area contributed by atoms with Gasteiger partial charge in [-0.3, -0.25) is 0 Å². The lowest BCUT2D eigenvalue weighted by atomic mass is 10.0. The second kappa shape index (κ2) is 11.6. The summed E-state index contributed by atoms with van der Waals surface area (Å²) in [5.41, 5.74) is 14.2. The number of halogens is 3. The minimum atomic E-state index is -0.948. The molecule has 0 amide bonds. The third-order valence-corrected chi connectivity index (χ3v) is 7.45. The molecule has 0 radical (unpaired) electrons. The number of nitrogen functional groups attached to an aromatic ring is 1. The molecule has 1 aliphatic carbocycles. The number of hydrogen-bond acceptors (Lipinski definition) is 3. The highest BCUT2D eigenvalue weighted by Crippen LogP contribution is 2.67. The van der Waals surface area contributed by atoms with Crippen LogP contribution in [0.4, 0.5) is 17.1 Å². The maximum Gasteiger partial charge on any atom is 0.134 e. The highest BCUT2D eigenvalue weighted by Gasteiger charge is 2.65. The van der Waals surface area contributed by atoms with Gasteiger partial charge < -0.3 is 16.4 Å². The van der Waals surface area contributed by atoms with Crippen LogP contribution in [0.5, 0.6) is 0 Å². The molecule has 0 bridgehead atoms. The molecule has 1 saturated carbocycles. The first kappa shape index (κ1) is 28.0. The summed E-state index contributed by atoms with van der Waals surface area (Å²) in [4.78, 5) is 0. The van der Waals surface area contributed by atoms with Crippen LogP contribution in [0.25, 0.3) is 5.70 Å².